The van der Waals surface area contributed by atoms with Crippen molar-refractivity contribution in [3.63, 3.8) is 0 Å². The number of aryl methyl sites for hydroxylation is 1. The van der Waals surface area contributed by atoms with E-state index in [-0.39, 0.29) is 11.3 Å². The third-order valence-corrected chi connectivity index (χ3v) is 6.08. The molecule has 4 unspecified atom stereocenters. The van der Waals surface area contributed by atoms with Crippen LogP contribution in [0.15, 0.2) is 24.3 Å². The third-order valence-electron chi connectivity index (χ3n) is 6.08. The molecule has 1 saturated carbocycles. The molecule has 3 heteroatoms. The maximum Gasteiger partial charge on any atom is 0.226 e. The van der Waals surface area contributed by atoms with Gasteiger partial charge in [-0.15, -0.1) is 0 Å². The molecule has 0 aromatic heterocycles. The van der Waals surface area contributed by atoms with E-state index in [1.54, 1.807) is 0 Å². The topological polar surface area (TPSA) is 32.3 Å². The lowest BCUT2D eigenvalue weighted by atomic mass is 9.94. The van der Waals surface area contributed by atoms with Gasteiger partial charge >= 0.3 is 0 Å². The molecular weight excluding hydrogens is 260 g/mol. The number of benzene rings is 1. The second-order valence-electron chi connectivity index (χ2n) is 7.09. The van der Waals surface area contributed by atoms with Gasteiger partial charge in [-0.3, -0.25) is 4.79 Å². The Hall–Kier alpha value is -1.35. The average molecular weight is 284 g/mol. The molecule has 3 aliphatic rings. The standard InChI is InChI=1S/C18H24N2O/c1-12-13(2)20(10-9-19-12)17(21)16-11-18(16)8-7-14-5-3-4-6-15(14)18/h3-6,12-13,16,19H,7-11H2,1-2H3. The van der Waals surface area contributed by atoms with Crippen molar-refractivity contribution in [1.29, 1.82) is 0 Å². The zero-order valence-corrected chi connectivity index (χ0v) is 12.9. The molecule has 3 nitrogen and oxygen atoms in total. The van der Waals surface area contributed by atoms with Crippen LogP contribution < -0.4 is 5.32 Å². The Morgan fingerprint density at radius 1 is 1.33 bits per heavy atom. The Kier molecular flexibility index (Phi) is 2.90. The van der Waals surface area contributed by atoms with Crippen LogP contribution in [0.4, 0.5) is 0 Å². The molecule has 1 aromatic carbocycles. The van der Waals surface area contributed by atoms with E-state index in [1.807, 2.05) is 0 Å². The molecule has 21 heavy (non-hydrogen) atoms. The largest absolute Gasteiger partial charge is 0.337 e. The van der Waals surface area contributed by atoms with Crippen molar-refractivity contribution in [2.75, 3.05) is 13.1 Å². The molecule has 112 valence electrons. The van der Waals surface area contributed by atoms with Crippen LogP contribution in [0.3, 0.4) is 0 Å². The summed E-state index contributed by atoms with van der Waals surface area (Å²) in [6.45, 7) is 6.14. The number of carbonyl (C=O) groups excluding carboxylic acids is 1. The van der Waals surface area contributed by atoms with E-state index in [1.165, 1.54) is 17.5 Å². The van der Waals surface area contributed by atoms with Crippen LogP contribution in [0.1, 0.15) is 37.8 Å². The zero-order chi connectivity index (χ0) is 14.6. The molecule has 1 aromatic rings. The van der Waals surface area contributed by atoms with Gasteiger partial charge in [-0.1, -0.05) is 24.3 Å². The minimum absolute atomic E-state index is 0.182. The Balaban J connectivity index is 1.56. The van der Waals surface area contributed by atoms with E-state index in [0.717, 1.165) is 25.9 Å². The van der Waals surface area contributed by atoms with E-state index < -0.39 is 0 Å². The van der Waals surface area contributed by atoms with Crippen LogP contribution in [0.5, 0.6) is 0 Å². The number of piperazine rings is 1. The number of hydrogen-bond donors (Lipinski definition) is 1. The summed E-state index contributed by atoms with van der Waals surface area (Å²) >= 11 is 0. The van der Waals surface area contributed by atoms with Crippen molar-refractivity contribution in [3.8, 4) is 0 Å². The first-order chi connectivity index (χ1) is 10.1. The number of amides is 1. The van der Waals surface area contributed by atoms with Crippen molar-refractivity contribution in [2.45, 2.75) is 50.6 Å². The number of nitrogens with zero attached hydrogens (tertiary/aromatic N) is 1. The van der Waals surface area contributed by atoms with Crippen LogP contribution in [0.25, 0.3) is 0 Å². The van der Waals surface area contributed by atoms with E-state index in [4.69, 9.17) is 0 Å². The van der Waals surface area contributed by atoms with Gasteiger partial charge in [-0.25, -0.2) is 0 Å². The van der Waals surface area contributed by atoms with Crippen molar-refractivity contribution in [2.24, 2.45) is 5.92 Å². The summed E-state index contributed by atoms with van der Waals surface area (Å²) < 4.78 is 0. The summed E-state index contributed by atoms with van der Waals surface area (Å²) in [5.41, 5.74) is 3.11. The van der Waals surface area contributed by atoms with Crippen LogP contribution in [-0.4, -0.2) is 36.0 Å². The number of hydrogen-bond acceptors (Lipinski definition) is 2. The van der Waals surface area contributed by atoms with Gasteiger partial charge in [0.1, 0.15) is 0 Å². The molecule has 1 aliphatic heterocycles. The van der Waals surface area contributed by atoms with Crippen LogP contribution in [0.2, 0.25) is 0 Å². The Morgan fingerprint density at radius 3 is 3.00 bits per heavy atom. The van der Waals surface area contributed by atoms with E-state index in [9.17, 15) is 4.79 Å². The quantitative estimate of drug-likeness (QED) is 0.856. The lowest BCUT2D eigenvalue weighted by Gasteiger charge is -2.39. The first kappa shape index (κ1) is 13.3. The number of rotatable bonds is 1. The summed E-state index contributed by atoms with van der Waals surface area (Å²) in [5.74, 6) is 0.626. The minimum Gasteiger partial charge on any atom is -0.337 e. The molecule has 2 aliphatic carbocycles. The molecule has 1 heterocycles. The van der Waals surface area contributed by atoms with Crippen LogP contribution in [0, 0.1) is 5.92 Å². The van der Waals surface area contributed by atoms with Gasteiger partial charge in [-0.05, 0) is 44.2 Å². The molecule has 1 spiro atoms. The third kappa shape index (κ3) is 1.87. The summed E-state index contributed by atoms with van der Waals surface area (Å²) in [4.78, 5) is 15.1. The van der Waals surface area contributed by atoms with Crippen LogP contribution >= 0.6 is 0 Å². The van der Waals surface area contributed by atoms with Gasteiger partial charge in [0.2, 0.25) is 5.91 Å². The first-order valence-electron chi connectivity index (χ1n) is 8.26. The summed E-state index contributed by atoms with van der Waals surface area (Å²) in [7, 11) is 0. The fraction of sp³-hybridized carbons (Fsp3) is 0.611. The number of carbonyl (C=O) groups is 1. The first-order valence-corrected chi connectivity index (χ1v) is 8.26. The molecule has 0 bridgehead atoms. The predicted octanol–water partition coefficient (Wildman–Crippen LogP) is 2.10. The summed E-state index contributed by atoms with van der Waals surface area (Å²) in [6.07, 6.45) is 3.38. The van der Waals surface area contributed by atoms with Gasteiger partial charge in [-0.2, -0.15) is 0 Å². The monoisotopic (exact) mass is 284 g/mol. The second kappa shape index (κ2) is 4.57. The normalized spacial score (nSPS) is 37.6. The maximum absolute atomic E-state index is 13.0. The van der Waals surface area contributed by atoms with Crippen molar-refractivity contribution < 1.29 is 4.79 Å². The van der Waals surface area contributed by atoms with Gasteiger partial charge in [0.05, 0.1) is 0 Å². The summed E-state index contributed by atoms with van der Waals surface area (Å²) in [5, 5.41) is 3.46. The molecule has 1 N–H and O–H groups in total. The maximum atomic E-state index is 13.0. The van der Waals surface area contributed by atoms with E-state index in [2.05, 4.69) is 48.3 Å². The highest BCUT2D eigenvalue weighted by molar-refractivity contribution is 5.85. The lowest BCUT2D eigenvalue weighted by Crippen LogP contribution is -2.57. The Labute approximate surface area is 126 Å². The average Bonchev–Trinajstić information content (AvgIpc) is 3.11. The molecule has 1 amide bonds. The van der Waals surface area contributed by atoms with Gasteiger partial charge in [0, 0.05) is 36.5 Å². The SMILES string of the molecule is CC1NCCN(C(=O)C2CC23CCc2ccccc23)C1C. The van der Waals surface area contributed by atoms with Gasteiger partial charge < -0.3 is 10.2 Å². The second-order valence-corrected chi connectivity index (χ2v) is 7.09. The highest BCUT2D eigenvalue weighted by Crippen LogP contribution is 2.62. The summed E-state index contributed by atoms with van der Waals surface area (Å²) in [6, 6.07) is 9.44. The molecule has 0 radical (unpaired) electrons. The van der Waals surface area contributed by atoms with Crippen LogP contribution in [-0.2, 0) is 16.6 Å². The Bertz CT molecular complexity index is 584. The van der Waals surface area contributed by atoms with E-state index >= 15 is 0 Å². The fourth-order valence-corrected chi connectivity index (χ4v) is 4.49. The van der Waals surface area contributed by atoms with E-state index in [0.29, 0.717) is 18.0 Å². The van der Waals surface area contributed by atoms with Gasteiger partial charge in [0.25, 0.3) is 0 Å². The molecule has 4 atom stereocenters. The number of nitrogens with one attached hydrogen (secondary N) is 1. The molecule has 2 fully saturated rings. The highest BCUT2D eigenvalue weighted by Gasteiger charge is 2.62. The number of fused-ring (bicyclic) bond motifs is 2. The fourth-order valence-electron chi connectivity index (χ4n) is 4.49. The minimum atomic E-state index is 0.182. The van der Waals surface area contributed by atoms with Crippen molar-refractivity contribution >= 4 is 5.91 Å². The molecule has 1 saturated heterocycles. The predicted molar refractivity (Wildman–Crippen MR) is 83.2 cm³/mol. The van der Waals surface area contributed by atoms with Crippen molar-refractivity contribution in [1.82, 2.24) is 10.2 Å². The van der Waals surface area contributed by atoms with Crippen molar-refractivity contribution in [3.05, 3.63) is 35.4 Å². The van der Waals surface area contributed by atoms with Gasteiger partial charge in [0.15, 0.2) is 0 Å². The highest BCUT2D eigenvalue weighted by atomic mass is 16.2. The molecule has 4 rings (SSSR count). The molecular formula is C18H24N2O. The Morgan fingerprint density at radius 2 is 2.14 bits per heavy atom. The zero-order valence-electron chi connectivity index (χ0n) is 12.9. The lowest BCUT2D eigenvalue weighted by molar-refractivity contribution is -0.136. The smallest absolute Gasteiger partial charge is 0.226 e.